The van der Waals surface area contributed by atoms with Gasteiger partial charge in [0, 0.05) is 38.0 Å². The van der Waals surface area contributed by atoms with Crippen molar-refractivity contribution in [2.24, 2.45) is 0 Å². The van der Waals surface area contributed by atoms with Gasteiger partial charge in [-0.1, -0.05) is 30.3 Å². The molecule has 3 aromatic carbocycles. The van der Waals surface area contributed by atoms with E-state index < -0.39 is 27.6 Å². The van der Waals surface area contributed by atoms with Crippen LogP contribution in [0.4, 0.5) is 15.8 Å². The first kappa shape index (κ1) is 26.0. The zero-order valence-electron chi connectivity index (χ0n) is 20.1. The molecule has 194 valence electrons. The molecule has 3 aromatic rings. The molecular formula is C26H27FN4O5S. The number of phenols is 1. The van der Waals surface area contributed by atoms with E-state index in [9.17, 15) is 27.5 Å². The lowest BCUT2D eigenvalue weighted by Gasteiger charge is -2.38. The number of nitrogens with one attached hydrogen (secondary N) is 1. The Morgan fingerprint density at radius 3 is 2.30 bits per heavy atom. The number of carbonyl (C=O) groups excluding carboxylic acids is 2. The molecule has 1 atom stereocenters. The third-order valence-electron chi connectivity index (χ3n) is 6.20. The number of benzene rings is 3. The van der Waals surface area contributed by atoms with Crippen molar-refractivity contribution in [1.29, 1.82) is 0 Å². The number of piperazine rings is 1. The maximum atomic E-state index is 13.7. The van der Waals surface area contributed by atoms with Gasteiger partial charge in [0.15, 0.2) is 9.84 Å². The summed E-state index contributed by atoms with van der Waals surface area (Å²) in [6.45, 7) is 1.18. The molecule has 1 saturated heterocycles. The Kier molecular flexibility index (Phi) is 7.35. The number of rotatable bonds is 6. The maximum absolute atomic E-state index is 13.7. The second-order valence-electron chi connectivity index (χ2n) is 8.79. The van der Waals surface area contributed by atoms with Crippen LogP contribution in [0.3, 0.4) is 0 Å². The zero-order valence-corrected chi connectivity index (χ0v) is 20.9. The predicted octanol–water partition coefficient (Wildman–Crippen LogP) is 2.34. The van der Waals surface area contributed by atoms with E-state index in [4.69, 9.17) is 5.73 Å². The van der Waals surface area contributed by atoms with E-state index >= 15 is 0 Å². The van der Waals surface area contributed by atoms with Crippen LogP contribution in [-0.2, 0) is 14.6 Å². The van der Waals surface area contributed by atoms with Crippen molar-refractivity contribution in [3.8, 4) is 5.75 Å². The number of aromatic hydroxyl groups is 1. The van der Waals surface area contributed by atoms with Crippen LogP contribution in [0.2, 0.25) is 0 Å². The highest BCUT2D eigenvalue weighted by Crippen LogP contribution is 2.28. The number of anilines is 2. The van der Waals surface area contributed by atoms with Gasteiger partial charge in [-0.15, -0.1) is 0 Å². The second-order valence-corrected chi connectivity index (χ2v) is 10.8. The Balaban J connectivity index is 1.53. The summed E-state index contributed by atoms with van der Waals surface area (Å²) >= 11 is 0. The highest BCUT2D eigenvalue weighted by molar-refractivity contribution is 7.90. The fourth-order valence-electron chi connectivity index (χ4n) is 4.24. The summed E-state index contributed by atoms with van der Waals surface area (Å²) in [5, 5.41) is 12.4. The van der Waals surface area contributed by atoms with E-state index in [1.165, 1.54) is 30.3 Å². The Hall–Kier alpha value is -4.12. The SMILES string of the molecule is CS(=O)(=O)c1cc(F)ccc1N1CCN(C(=O)[C@H](NC(=O)c2ccc(O)c(N)c2)c2ccccc2)CC1. The monoisotopic (exact) mass is 526 g/mol. The molecule has 4 rings (SSSR count). The Labute approximate surface area is 214 Å². The summed E-state index contributed by atoms with van der Waals surface area (Å²) < 4.78 is 38.2. The van der Waals surface area contributed by atoms with Crippen molar-refractivity contribution in [1.82, 2.24) is 10.2 Å². The van der Waals surface area contributed by atoms with Gasteiger partial charge in [0.1, 0.15) is 17.6 Å². The van der Waals surface area contributed by atoms with E-state index in [1.54, 1.807) is 40.1 Å². The van der Waals surface area contributed by atoms with Crippen LogP contribution in [0.5, 0.6) is 5.75 Å². The van der Waals surface area contributed by atoms with Crippen LogP contribution in [0.15, 0.2) is 71.6 Å². The summed E-state index contributed by atoms with van der Waals surface area (Å²) in [6.07, 6.45) is 1.03. The number of carbonyl (C=O) groups is 2. The molecule has 4 N–H and O–H groups in total. The minimum absolute atomic E-state index is 0.0422. The van der Waals surface area contributed by atoms with Crippen LogP contribution < -0.4 is 16.0 Å². The van der Waals surface area contributed by atoms with Gasteiger partial charge in [-0.05, 0) is 42.0 Å². The lowest BCUT2D eigenvalue weighted by Crippen LogP contribution is -2.52. The molecule has 0 aliphatic carbocycles. The van der Waals surface area contributed by atoms with E-state index in [1.807, 2.05) is 0 Å². The number of phenolic OH excluding ortho intramolecular Hbond substituents is 1. The normalized spacial score (nSPS) is 14.8. The highest BCUT2D eigenvalue weighted by atomic mass is 32.2. The van der Waals surface area contributed by atoms with Gasteiger partial charge in [-0.25, -0.2) is 12.8 Å². The molecule has 37 heavy (non-hydrogen) atoms. The number of halogens is 1. The first-order valence-corrected chi connectivity index (χ1v) is 13.4. The van der Waals surface area contributed by atoms with E-state index in [-0.39, 0.29) is 40.9 Å². The minimum atomic E-state index is -3.66. The van der Waals surface area contributed by atoms with Crippen LogP contribution in [0, 0.1) is 5.82 Å². The van der Waals surface area contributed by atoms with Gasteiger partial charge in [0.2, 0.25) is 5.91 Å². The summed E-state index contributed by atoms with van der Waals surface area (Å²) in [6, 6.07) is 15.5. The van der Waals surface area contributed by atoms with Crippen molar-refractivity contribution in [3.63, 3.8) is 0 Å². The van der Waals surface area contributed by atoms with Gasteiger partial charge in [-0.3, -0.25) is 9.59 Å². The molecule has 11 heteroatoms. The van der Waals surface area contributed by atoms with Crippen LogP contribution >= 0.6 is 0 Å². The minimum Gasteiger partial charge on any atom is -0.506 e. The first-order valence-electron chi connectivity index (χ1n) is 11.5. The number of hydrogen-bond donors (Lipinski definition) is 3. The number of amides is 2. The van der Waals surface area contributed by atoms with Crippen molar-refractivity contribution in [2.45, 2.75) is 10.9 Å². The molecule has 1 heterocycles. The fraction of sp³-hybridized carbons (Fsp3) is 0.231. The zero-order chi connectivity index (χ0) is 26.7. The van der Waals surface area contributed by atoms with Gasteiger partial charge >= 0.3 is 0 Å². The molecule has 0 spiro atoms. The molecular weight excluding hydrogens is 499 g/mol. The molecule has 1 aliphatic heterocycles. The maximum Gasteiger partial charge on any atom is 0.252 e. The third kappa shape index (κ3) is 5.83. The van der Waals surface area contributed by atoms with Gasteiger partial charge in [-0.2, -0.15) is 0 Å². The van der Waals surface area contributed by atoms with Crippen LogP contribution in [0.1, 0.15) is 22.0 Å². The molecule has 0 saturated carbocycles. The molecule has 0 bridgehead atoms. The molecule has 0 aromatic heterocycles. The molecule has 0 unspecified atom stereocenters. The third-order valence-corrected chi connectivity index (χ3v) is 7.32. The smallest absolute Gasteiger partial charge is 0.252 e. The molecule has 9 nitrogen and oxygen atoms in total. The molecule has 2 amide bonds. The largest absolute Gasteiger partial charge is 0.506 e. The number of sulfone groups is 1. The Morgan fingerprint density at radius 2 is 1.68 bits per heavy atom. The Bertz CT molecular complexity index is 1420. The predicted molar refractivity (Wildman–Crippen MR) is 137 cm³/mol. The van der Waals surface area contributed by atoms with Gasteiger partial charge in [0.25, 0.3) is 5.91 Å². The first-order chi connectivity index (χ1) is 17.5. The van der Waals surface area contributed by atoms with Crippen molar-refractivity contribution >= 4 is 33.0 Å². The summed E-state index contributed by atoms with van der Waals surface area (Å²) in [7, 11) is -3.66. The number of nitrogens with zero attached hydrogens (tertiary/aromatic N) is 2. The molecule has 0 radical (unpaired) electrons. The molecule has 1 aliphatic rings. The number of hydrogen-bond acceptors (Lipinski definition) is 7. The van der Waals surface area contributed by atoms with E-state index in [2.05, 4.69) is 5.32 Å². The lowest BCUT2D eigenvalue weighted by molar-refractivity contribution is -0.133. The lowest BCUT2D eigenvalue weighted by atomic mass is 10.0. The fourth-order valence-corrected chi connectivity index (χ4v) is 5.14. The topological polar surface area (TPSA) is 133 Å². The number of nitrogens with two attached hydrogens (primary N) is 1. The van der Waals surface area contributed by atoms with E-state index in [0.29, 0.717) is 24.3 Å². The Morgan fingerprint density at radius 1 is 1.00 bits per heavy atom. The average Bonchev–Trinajstić information content (AvgIpc) is 2.88. The van der Waals surface area contributed by atoms with Crippen molar-refractivity contribution < 1.29 is 27.5 Å². The van der Waals surface area contributed by atoms with Crippen LogP contribution in [0.25, 0.3) is 0 Å². The average molecular weight is 527 g/mol. The van der Waals surface area contributed by atoms with Crippen molar-refractivity contribution in [2.75, 3.05) is 43.1 Å². The van der Waals surface area contributed by atoms with Crippen LogP contribution in [-0.4, -0.2) is 62.7 Å². The molecule has 1 fully saturated rings. The van der Waals surface area contributed by atoms with Gasteiger partial charge in [0.05, 0.1) is 16.3 Å². The summed E-state index contributed by atoms with van der Waals surface area (Å²) in [5.74, 6) is -1.65. The second kappa shape index (κ2) is 10.5. The summed E-state index contributed by atoms with van der Waals surface area (Å²) in [4.78, 5) is 29.8. The highest BCUT2D eigenvalue weighted by Gasteiger charge is 2.31. The summed E-state index contributed by atoms with van der Waals surface area (Å²) in [5.41, 5.74) is 6.92. The van der Waals surface area contributed by atoms with Gasteiger partial charge < -0.3 is 26.0 Å². The number of nitrogen functional groups attached to an aromatic ring is 1. The quantitative estimate of drug-likeness (QED) is 0.332. The standard InChI is InChI=1S/C26H27FN4O5S/c1-37(35,36)23-16-19(27)8-9-21(23)30-11-13-31(14-12-30)26(34)24(17-5-3-2-4-6-17)29-25(33)18-7-10-22(32)20(28)15-18/h2-10,15-16,24,32H,11-14,28H2,1H3,(H,29,33)/t24-/m1/s1. The van der Waals surface area contributed by atoms with Crippen molar-refractivity contribution in [3.05, 3.63) is 83.7 Å². The van der Waals surface area contributed by atoms with E-state index in [0.717, 1.165) is 12.3 Å².